The van der Waals surface area contributed by atoms with Crippen LogP contribution in [0.3, 0.4) is 0 Å². The summed E-state index contributed by atoms with van der Waals surface area (Å²) in [7, 11) is 0. The van der Waals surface area contributed by atoms with E-state index in [1.165, 1.54) is 36.8 Å². The zero-order valence-corrected chi connectivity index (χ0v) is 12.5. The van der Waals surface area contributed by atoms with Crippen molar-refractivity contribution in [2.24, 2.45) is 5.92 Å². The van der Waals surface area contributed by atoms with Crippen LogP contribution in [0.15, 0.2) is 18.2 Å². The Bertz CT molecular complexity index is 580. The Balaban J connectivity index is 2.10. The van der Waals surface area contributed by atoms with E-state index in [1.807, 2.05) is 0 Å². The summed E-state index contributed by atoms with van der Waals surface area (Å²) < 4.78 is 2.42. The third-order valence-electron chi connectivity index (χ3n) is 4.46. The zero-order chi connectivity index (χ0) is 13.4. The van der Waals surface area contributed by atoms with E-state index in [2.05, 4.69) is 36.6 Å². The molecule has 3 rings (SSSR count). The number of para-hydroxylation sites is 1. The second kappa shape index (κ2) is 5.16. The minimum Gasteiger partial charge on any atom is -0.324 e. The van der Waals surface area contributed by atoms with Gasteiger partial charge in [0.1, 0.15) is 5.82 Å². The molecule has 1 aromatic heterocycles. The summed E-state index contributed by atoms with van der Waals surface area (Å²) in [5.74, 6) is 2.40. The van der Waals surface area contributed by atoms with Crippen LogP contribution in [0.5, 0.6) is 0 Å². The smallest absolute Gasteiger partial charge is 0.125 e. The molecule has 3 heteroatoms. The fourth-order valence-electron chi connectivity index (χ4n) is 3.36. The van der Waals surface area contributed by atoms with Gasteiger partial charge in [-0.1, -0.05) is 19.1 Å². The number of nitrogens with zero attached hydrogens (tertiary/aromatic N) is 2. The topological polar surface area (TPSA) is 17.8 Å². The molecule has 19 heavy (non-hydrogen) atoms. The van der Waals surface area contributed by atoms with Crippen molar-refractivity contribution in [3.8, 4) is 0 Å². The molecule has 0 aliphatic heterocycles. The van der Waals surface area contributed by atoms with Gasteiger partial charge >= 0.3 is 0 Å². The summed E-state index contributed by atoms with van der Waals surface area (Å²) in [5, 5.41) is 0. The molecule has 0 unspecified atom stereocenters. The molecule has 0 spiro atoms. The van der Waals surface area contributed by atoms with Gasteiger partial charge in [-0.05, 0) is 50.2 Å². The third kappa shape index (κ3) is 2.27. The first-order valence-corrected chi connectivity index (χ1v) is 7.76. The highest BCUT2D eigenvalue weighted by molar-refractivity contribution is 6.16. The molecule has 0 amide bonds. The summed E-state index contributed by atoms with van der Waals surface area (Å²) in [6.07, 6.45) is 5.14. The molecule has 1 aromatic carbocycles. The summed E-state index contributed by atoms with van der Waals surface area (Å²) in [4.78, 5) is 4.72. The first kappa shape index (κ1) is 13.0. The fraction of sp³-hybridized carbons (Fsp3) is 0.562. The monoisotopic (exact) mass is 276 g/mol. The Morgan fingerprint density at radius 1 is 1.26 bits per heavy atom. The highest BCUT2D eigenvalue weighted by Crippen LogP contribution is 2.36. The van der Waals surface area contributed by atoms with Crippen LogP contribution in [-0.2, 0) is 5.88 Å². The molecule has 0 saturated heterocycles. The average Bonchev–Trinajstić information content (AvgIpc) is 2.80. The van der Waals surface area contributed by atoms with Gasteiger partial charge in [-0.2, -0.15) is 0 Å². The molecule has 0 N–H and O–H groups in total. The van der Waals surface area contributed by atoms with Gasteiger partial charge in [-0.15, -0.1) is 11.6 Å². The van der Waals surface area contributed by atoms with Gasteiger partial charge in [-0.3, -0.25) is 0 Å². The predicted octanol–water partition coefficient (Wildman–Crippen LogP) is 4.83. The number of hydrogen-bond donors (Lipinski definition) is 0. The molecule has 0 bridgehead atoms. The zero-order valence-electron chi connectivity index (χ0n) is 11.7. The Morgan fingerprint density at radius 3 is 2.68 bits per heavy atom. The summed E-state index contributed by atoms with van der Waals surface area (Å²) >= 11 is 6.12. The number of imidazole rings is 1. The molecule has 2 aromatic rings. The van der Waals surface area contributed by atoms with Crippen molar-refractivity contribution in [3.05, 3.63) is 29.6 Å². The normalized spacial score (nSPS) is 23.9. The molecule has 2 nitrogen and oxygen atoms in total. The van der Waals surface area contributed by atoms with Crippen LogP contribution in [0.25, 0.3) is 11.0 Å². The fourth-order valence-corrected chi connectivity index (χ4v) is 3.55. The maximum atomic E-state index is 6.12. The average molecular weight is 277 g/mol. The van der Waals surface area contributed by atoms with Crippen LogP contribution in [0, 0.1) is 12.8 Å². The largest absolute Gasteiger partial charge is 0.324 e. The molecule has 102 valence electrons. The lowest BCUT2D eigenvalue weighted by atomic mass is 9.87. The van der Waals surface area contributed by atoms with Gasteiger partial charge in [0.2, 0.25) is 0 Å². The second-order valence-electron chi connectivity index (χ2n) is 5.89. The number of halogens is 1. The first-order valence-electron chi connectivity index (χ1n) is 7.23. The van der Waals surface area contributed by atoms with E-state index < -0.39 is 0 Å². The number of aromatic nitrogens is 2. The summed E-state index contributed by atoms with van der Waals surface area (Å²) in [5.41, 5.74) is 3.69. The van der Waals surface area contributed by atoms with Crippen molar-refractivity contribution in [1.82, 2.24) is 9.55 Å². The van der Waals surface area contributed by atoms with Crippen molar-refractivity contribution < 1.29 is 0 Å². The van der Waals surface area contributed by atoms with Crippen LogP contribution >= 0.6 is 11.6 Å². The maximum absolute atomic E-state index is 6.12. The molecule has 1 aliphatic carbocycles. The van der Waals surface area contributed by atoms with Gasteiger partial charge in [0, 0.05) is 6.04 Å². The Labute approximate surface area is 119 Å². The Kier molecular flexibility index (Phi) is 3.53. The molecular weight excluding hydrogens is 256 g/mol. The summed E-state index contributed by atoms with van der Waals surface area (Å²) in [6.45, 7) is 4.53. The van der Waals surface area contributed by atoms with Crippen molar-refractivity contribution in [3.63, 3.8) is 0 Å². The number of fused-ring (bicyclic) bond motifs is 1. The van der Waals surface area contributed by atoms with E-state index in [4.69, 9.17) is 16.6 Å². The van der Waals surface area contributed by atoms with Gasteiger partial charge < -0.3 is 4.57 Å². The molecular formula is C16H21ClN2. The predicted molar refractivity (Wildman–Crippen MR) is 80.7 cm³/mol. The maximum Gasteiger partial charge on any atom is 0.125 e. The number of benzene rings is 1. The van der Waals surface area contributed by atoms with E-state index >= 15 is 0 Å². The van der Waals surface area contributed by atoms with Crippen LogP contribution in [0.4, 0.5) is 0 Å². The van der Waals surface area contributed by atoms with E-state index in [-0.39, 0.29) is 0 Å². The minimum atomic E-state index is 0.500. The van der Waals surface area contributed by atoms with Crippen molar-refractivity contribution in [2.45, 2.75) is 51.5 Å². The number of hydrogen-bond acceptors (Lipinski definition) is 1. The molecule has 0 atom stereocenters. The highest BCUT2D eigenvalue weighted by atomic mass is 35.5. The van der Waals surface area contributed by atoms with Gasteiger partial charge in [-0.25, -0.2) is 4.98 Å². The lowest BCUT2D eigenvalue weighted by molar-refractivity contribution is 0.290. The van der Waals surface area contributed by atoms with Gasteiger partial charge in [0.15, 0.2) is 0 Å². The van der Waals surface area contributed by atoms with E-state index in [0.29, 0.717) is 11.9 Å². The van der Waals surface area contributed by atoms with Crippen LogP contribution < -0.4 is 0 Å². The van der Waals surface area contributed by atoms with Gasteiger partial charge in [0.25, 0.3) is 0 Å². The summed E-state index contributed by atoms with van der Waals surface area (Å²) in [6, 6.07) is 6.93. The van der Waals surface area contributed by atoms with E-state index in [9.17, 15) is 0 Å². The van der Waals surface area contributed by atoms with Crippen molar-refractivity contribution >= 4 is 22.6 Å². The Morgan fingerprint density at radius 2 is 2.00 bits per heavy atom. The molecule has 1 heterocycles. The third-order valence-corrected chi connectivity index (χ3v) is 4.69. The SMILES string of the molecule is Cc1cccc2nc(CCl)n(C3CCC(C)CC3)c12. The Hall–Kier alpha value is -1.02. The van der Waals surface area contributed by atoms with Crippen LogP contribution in [-0.4, -0.2) is 9.55 Å². The molecule has 0 radical (unpaired) electrons. The van der Waals surface area contributed by atoms with Crippen LogP contribution in [0.2, 0.25) is 0 Å². The standard InChI is InChI=1S/C16H21ClN2/c1-11-6-8-13(9-7-11)19-15(10-17)18-14-5-3-4-12(2)16(14)19/h3-5,11,13H,6-10H2,1-2H3. The lowest BCUT2D eigenvalue weighted by Crippen LogP contribution is -2.18. The number of aryl methyl sites for hydroxylation is 1. The van der Waals surface area contributed by atoms with Gasteiger partial charge in [0.05, 0.1) is 16.9 Å². The van der Waals surface area contributed by atoms with Crippen molar-refractivity contribution in [2.75, 3.05) is 0 Å². The van der Waals surface area contributed by atoms with Crippen molar-refractivity contribution in [1.29, 1.82) is 0 Å². The quantitative estimate of drug-likeness (QED) is 0.718. The number of rotatable bonds is 2. The minimum absolute atomic E-state index is 0.500. The second-order valence-corrected chi connectivity index (χ2v) is 6.16. The van der Waals surface area contributed by atoms with E-state index in [0.717, 1.165) is 17.3 Å². The van der Waals surface area contributed by atoms with Crippen LogP contribution in [0.1, 0.15) is 50.0 Å². The number of alkyl halides is 1. The van der Waals surface area contributed by atoms with E-state index in [1.54, 1.807) is 0 Å². The molecule has 1 fully saturated rings. The first-order chi connectivity index (χ1) is 9.20. The lowest BCUT2D eigenvalue weighted by Gasteiger charge is -2.29. The molecule has 1 saturated carbocycles. The highest BCUT2D eigenvalue weighted by Gasteiger charge is 2.24. The molecule has 1 aliphatic rings.